The lowest BCUT2D eigenvalue weighted by atomic mass is 10.3. The number of unbranched alkanes of at least 4 members (excludes halogenated alkanes) is 1. The van der Waals surface area contributed by atoms with Gasteiger partial charge in [0, 0.05) is 26.2 Å². The summed E-state index contributed by atoms with van der Waals surface area (Å²) in [5.74, 6) is 0.143. The molecular formula is C16H38N2O2. The minimum absolute atomic E-state index is 0.143. The van der Waals surface area contributed by atoms with Crippen LogP contribution < -0.4 is 10.6 Å². The van der Waals surface area contributed by atoms with Gasteiger partial charge >= 0.3 is 0 Å². The van der Waals surface area contributed by atoms with Crippen LogP contribution in [0.15, 0.2) is 0 Å². The molecule has 0 aromatic rings. The number of carbonyl (C=O) groups is 1. The molecule has 0 rings (SSSR count). The quantitative estimate of drug-likeness (QED) is 0.574. The molecule has 0 saturated heterocycles. The van der Waals surface area contributed by atoms with E-state index in [1.165, 1.54) is 0 Å². The topological polar surface area (TPSA) is 50.4 Å². The summed E-state index contributed by atoms with van der Waals surface area (Å²) in [6.07, 6.45) is 4.59. The third kappa shape index (κ3) is 26.1. The van der Waals surface area contributed by atoms with Crippen molar-refractivity contribution in [3.63, 3.8) is 0 Å². The Bertz CT molecular complexity index is 149. The number of amides is 1. The van der Waals surface area contributed by atoms with Gasteiger partial charge in [-0.3, -0.25) is 4.79 Å². The summed E-state index contributed by atoms with van der Waals surface area (Å²) >= 11 is 0. The first kappa shape index (κ1) is 24.4. The molecule has 0 atom stereocenters. The van der Waals surface area contributed by atoms with Gasteiger partial charge in [0.05, 0.1) is 0 Å². The predicted octanol–water partition coefficient (Wildman–Crippen LogP) is 3.36. The first-order valence-corrected chi connectivity index (χ1v) is 8.30. The molecule has 0 aromatic carbocycles. The van der Waals surface area contributed by atoms with E-state index >= 15 is 0 Å². The second kappa shape index (κ2) is 26.9. The predicted molar refractivity (Wildman–Crippen MR) is 89.2 cm³/mol. The van der Waals surface area contributed by atoms with Gasteiger partial charge < -0.3 is 15.4 Å². The van der Waals surface area contributed by atoms with Crippen LogP contribution in [0.1, 0.15) is 66.7 Å². The Morgan fingerprint density at radius 3 is 2.10 bits per heavy atom. The van der Waals surface area contributed by atoms with Gasteiger partial charge in [-0.2, -0.15) is 0 Å². The Labute approximate surface area is 127 Å². The molecule has 1 amide bonds. The molecule has 0 heterocycles. The lowest BCUT2D eigenvalue weighted by molar-refractivity contribution is -0.121. The van der Waals surface area contributed by atoms with Crippen molar-refractivity contribution in [1.29, 1.82) is 0 Å². The van der Waals surface area contributed by atoms with Crippen molar-refractivity contribution >= 4 is 5.91 Å². The van der Waals surface area contributed by atoms with Crippen LogP contribution in [0.4, 0.5) is 0 Å². The average molecular weight is 290 g/mol. The third-order valence-electron chi connectivity index (χ3n) is 2.22. The highest BCUT2D eigenvalue weighted by molar-refractivity contribution is 5.75. The fourth-order valence-electron chi connectivity index (χ4n) is 1.32. The number of carbonyl (C=O) groups excluding carboxylic acids is 1. The normalized spacial score (nSPS) is 8.90. The molecule has 0 fully saturated rings. The second-order valence-corrected chi connectivity index (χ2v) is 3.88. The fourth-order valence-corrected chi connectivity index (χ4v) is 1.32. The van der Waals surface area contributed by atoms with E-state index in [0.717, 1.165) is 45.4 Å². The van der Waals surface area contributed by atoms with E-state index in [9.17, 15) is 4.79 Å². The SMILES string of the molecule is CC.CC.CCCOCCCC(=O)NCCCCNC. The average Bonchev–Trinajstić information content (AvgIpc) is 2.51. The van der Waals surface area contributed by atoms with Crippen LogP contribution in [0.2, 0.25) is 0 Å². The molecule has 0 aliphatic heterocycles. The van der Waals surface area contributed by atoms with Crippen molar-refractivity contribution in [2.45, 2.75) is 66.7 Å². The molecule has 0 bridgehead atoms. The van der Waals surface area contributed by atoms with Gasteiger partial charge in [-0.05, 0) is 39.3 Å². The summed E-state index contributed by atoms with van der Waals surface area (Å²) in [7, 11) is 1.94. The van der Waals surface area contributed by atoms with Crippen LogP contribution in [-0.2, 0) is 9.53 Å². The molecular weight excluding hydrogens is 252 g/mol. The molecule has 0 aromatic heterocycles. The van der Waals surface area contributed by atoms with E-state index in [2.05, 4.69) is 17.6 Å². The first-order chi connectivity index (χ1) is 9.81. The molecule has 0 aliphatic rings. The molecule has 0 spiro atoms. The Hall–Kier alpha value is -0.610. The maximum Gasteiger partial charge on any atom is 0.220 e. The van der Waals surface area contributed by atoms with E-state index in [0.29, 0.717) is 13.0 Å². The van der Waals surface area contributed by atoms with Gasteiger partial charge in [0.2, 0.25) is 5.91 Å². The maximum atomic E-state index is 11.3. The van der Waals surface area contributed by atoms with Crippen molar-refractivity contribution in [3.05, 3.63) is 0 Å². The molecule has 2 N–H and O–H groups in total. The highest BCUT2D eigenvalue weighted by Gasteiger charge is 1.99. The van der Waals surface area contributed by atoms with Crippen LogP contribution >= 0.6 is 0 Å². The number of nitrogens with one attached hydrogen (secondary N) is 2. The molecule has 0 radical (unpaired) electrons. The lowest BCUT2D eigenvalue weighted by Crippen LogP contribution is -2.25. The fraction of sp³-hybridized carbons (Fsp3) is 0.938. The molecule has 4 heteroatoms. The van der Waals surface area contributed by atoms with Gasteiger partial charge in [0.25, 0.3) is 0 Å². The zero-order chi connectivity index (χ0) is 16.1. The Morgan fingerprint density at radius 2 is 1.55 bits per heavy atom. The monoisotopic (exact) mass is 290 g/mol. The van der Waals surface area contributed by atoms with Crippen LogP contribution in [0.5, 0.6) is 0 Å². The van der Waals surface area contributed by atoms with Crippen molar-refractivity contribution < 1.29 is 9.53 Å². The van der Waals surface area contributed by atoms with E-state index in [1.807, 2.05) is 34.7 Å². The highest BCUT2D eigenvalue weighted by atomic mass is 16.5. The standard InChI is InChI=1S/C12H26N2O2.2C2H6/c1-3-10-16-11-6-7-12(15)14-9-5-4-8-13-2;2*1-2/h13H,3-11H2,1-2H3,(H,14,15);2*1-2H3. The van der Waals surface area contributed by atoms with Gasteiger partial charge in [-0.25, -0.2) is 0 Å². The van der Waals surface area contributed by atoms with E-state index in [1.54, 1.807) is 0 Å². The minimum Gasteiger partial charge on any atom is -0.381 e. The van der Waals surface area contributed by atoms with Crippen molar-refractivity contribution in [1.82, 2.24) is 10.6 Å². The van der Waals surface area contributed by atoms with Crippen LogP contribution in [-0.4, -0.2) is 39.3 Å². The Kier molecular flexibility index (Phi) is 32.8. The Balaban J connectivity index is -0.000000656. The summed E-state index contributed by atoms with van der Waals surface area (Å²) in [6.45, 7) is 13.4. The molecule has 20 heavy (non-hydrogen) atoms. The summed E-state index contributed by atoms with van der Waals surface area (Å²) in [6, 6.07) is 0. The molecule has 0 aliphatic carbocycles. The molecule has 124 valence electrons. The Morgan fingerprint density at radius 1 is 0.950 bits per heavy atom. The zero-order valence-corrected chi connectivity index (χ0v) is 14.7. The van der Waals surface area contributed by atoms with E-state index < -0.39 is 0 Å². The number of rotatable bonds is 11. The van der Waals surface area contributed by atoms with E-state index in [4.69, 9.17) is 4.74 Å². The minimum atomic E-state index is 0.143. The van der Waals surface area contributed by atoms with Gasteiger partial charge in [0.1, 0.15) is 0 Å². The lowest BCUT2D eigenvalue weighted by Gasteiger charge is -2.05. The molecule has 0 saturated carbocycles. The molecule has 4 nitrogen and oxygen atoms in total. The zero-order valence-electron chi connectivity index (χ0n) is 14.7. The summed E-state index contributed by atoms with van der Waals surface area (Å²) in [5, 5.41) is 5.99. The second-order valence-electron chi connectivity index (χ2n) is 3.88. The van der Waals surface area contributed by atoms with Crippen molar-refractivity contribution in [2.75, 3.05) is 33.4 Å². The summed E-state index contributed by atoms with van der Waals surface area (Å²) < 4.78 is 5.30. The largest absolute Gasteiger partial charge is 0.381 e. The third-order valence-corrected chi connectivity index (χ3v) is 2.22. The number of hydrogen-bond donors (Lipinski definition) is 2. The van der Waals surface area contributed by atoms with Crippen molar-refractivity contribution in [2.24, 2.45) is 0 Å². The maximum absolute atomic E-state index is 11.3. The summed E-state index contributed by atoms with van der Waals surface area (Å²) in [5.41, 5.74) is 0. The van der Waals surface area contributed by atoms with E-state index in [-0.39, 0.29) is 5.91 Å². The van der Waals surface area contributed by atoms with Crippen LogP contribution in [0.3, 0.4) is 0 Å². The van der Waals surface area contributed by atoms with Crippen molar-refractivity contribution in [3.8, 4) is 0 Å². The molecule has 0 unspecified atom stereocenters. The summed E-state index contributed by atoms with van der Waals surface area (Å²) in [4.78, 5) is 11.3. The van der Waals surface area contributed by atoms with Gasteiger partial charge in [0.15, 0.2) is 0 Å². The first-order valence-electron chi connectivity index (χ1n) is 8.30. The smallest absolute Gasteiger partial charge is 0.220 e. The van der Waals surface area contributed by atoms with Crippen LogP contribution in [0.25, 0.3) is 0 Å². The highest BCUT2D eigenvalue weighted by Crippen LogP contribution is 1.92. The van der Waals surface area contributed by atoms with Gasteiger partial charge in [-0.15, -0.1) is 0 Å². The van der Waals surface area contributed by atoms with Crippen LogP contribution in [0, 0.1) is 0 Å². The number of hydrogen-bond acceptors (Lipinski definition) is 3. The van der Waals surface area contributed by atoms with Gasteiger partial charge in [-0.1, -0.05) is 34.6 Å². The number of ether oxygens (including phenoxy) is 1.